The summed E-state index contributed by atoms with van der Waals surface area (Å²) in [6, 6.07) is 7.53. The first-order chi connectivity index (χ1) is 11.2. The van der Waals surface area contributed by atoms with Crippen molar-refractivity contribution >= 4 is 29.3 Å². The van der Waals surface area contributed by atoms with E-state index in [-0.39, 0.29) is 5.91 Å². The first kappa shape index (κ1) is 17.8. The van der Waals surface area contributed by atoms with Gasteiger partial charge in [0.2, 0.25) is 5.91 Å². The Bertz CT molecular complexity index is 659. The van der Waals surface area contributed by atoms with Gasteiger partial charge in [0, 0.05) is 23.7 Å². The number of nitrogens with one attached hydrogen (secondary N) is 1. The molecule has 0 atom stereocenters. The van der Waals surface area contributed by atoms with Gasteiger partial charge in [-0.25, -0.2) is 0 Å². The molecule has 2 aromatic rings. The summed E-state index contributed by atoms with van der Waals surface area (Å²) in [7, 11) is 0. The van der Waals surface area contributed by atoms with Crippen molar-refractivity contribution in [3.8, 4) is 11.4 Å². The summed E-state index contributed by atoms with van der Waals surface area (Å²) in [5.41, 5.74) is 0.922. The quantitative estimate of drug-likeness (QED) is 0.582. The summed E-state index contributed by atoms with van der Waals surface area (Å²) in [4.78, 5) is 11.8. The fraction of sp³-hybridized carbons (Fsp3) is 0.438. The minimum absolute atomic E-state index is 0.0263. The van der Waals surface area contributed by atoms with E-state index < -0.39 is 0 Å². The maximum absolute atomic E-state index is 11.8. The lowest BCUT2D eigenvalue weighted by molar-refractivity contribution is -0.118. The topological polar surface area (TPSA) is 59.8 Å². The summed E-state index contributed by atoms with van der Waals surface area (Å²) in [5, 5.41) is 12.8. The Morgan fingerprint density at radius 3 is 2.87 bits per heavy atom. The second-order valence-electron chi connectivity index (χ2n) is 5.05. The zero-order valence-electron chi connectivity index (χ0n) is 13.4. The lowest BCUT2D eigenvalue weighted by Gasteiger charge is -2.08. The van der Waals surface area contributed by atoms with Crippen molar-refractivity contribution in [2.45, 2.75) is 38.4 Å². The third-order valence-electron chi connectivity index (χ3n) is 3.30. The molecular formula is C16H21ClN4OS. The molecule has 0 saturated carbocycles. The van der Waals surface area contributed by atoms with Crippen LogP contribution in [0.25, 0.3) is 11.4 Å². The summed E-state index contributed by atoms with van der Waals surface area (Å²) >= 11 is 7.45. The SMILES string of the molecule is CCCCNC(=O)CSc1nnc(-c2cccc(Cl)c2)n1CC. The second-order valence-corrected chi connectivity index (χ2v) is 6.43. The summed E-state index contributed by atoms with van der Waals surface area (Å²) in [6.45, 7) is 5.59. The van der Waals surface area contributed by atoms with Crippen LogP contribution in [-0.4, -0.2) is 33.0 Å². The number of thioether (sulfide) groups is 1. The molecule has 0 fully saturated rings. The molecule has 1 aromatic carbocycles. The molecule has 0 bridgehead atoms. The number of benzene rings is 1. The van der Waals surface area contributed by atoms with Gasteiger partial charge in [-0.3, -0.25) is 4.79 Å². The molecule has 0 spiro atoms. The normalized spacial score (nSPS) is 10.7. The van der Waals surface area contributed by atoms with E-state index in [0.717, 1.165) is 42.5 Å². The van der Waals surface area contributed by atoms with E-state index in [4.69, 9.17) is 11.6 Å². The molecule has 0 unspecified atom stereocenters. The Morgan fingerprint density at radius 2 is 2.17 bits per heavy atom. The molecule has 23 heavy (non-hydrogen) atoms. The average Bonchev–Trinajstić information content (AvgIpc) is 2.96. The number of carbonyl (C=O) groups excluding carboxylic acids is 1. The highest BCUT2D eigenvalue weighted by Crippen LogP contribution is 2.25. The number of nitrogens with zero attached hydrogens (tertiary/aromatic N) is 3. The highest BCUT2D eigenvalue weighted by Gasteiger charge is 2.14. The van der Waals surface area contributed by atoms with Crippen LogP contribution in [0.1, 0.15) is 26.7 Å². The van der Waals surface area contributed by atoms with Crippen LogP contribution in [0.4, 0.5) is 0 Å². The summed E-state index contributed by atoms with van der Waals surface area (Å²) in [5.74, 6) is 1.14. The standard InChI is InChI=1S/C16H21ClN4OS/c1-3-5-9-18-14(22)11-23-16-20-19-15(21(16)4-2)12-7-6-8-13(17)10-12/h6-8,10H,3-5,9,11H2,1-2H3,(H,18,22). The van der Waals surface area contributed by atoms with E-state index in [1.165, 1.54) is 11.8 Å². The van der Waals surface area contributed by atoms with Gasteiger partial charge in [0.05, 0.1) is 5.75 Å². The number of unbranched alkanes of at least 4 members (excludes halogenated alkanes) is 1. The molecule has 2 rings (SSSR count). The maximum atomic E-state index is 11.8. The zero-order chi connectivity index (χ0) is 16.7. The lowest BCUT2D eigenvalue weighted by atomic mass is 10.2. The second kappa shape index (κ2) is 8.93. The Morgan fingerprint density at radius 1 is 1.35 bits per heavy atom. The number of aromatic nitrogens is 3. The number of amides is 1. The summed E-state index contributed by atoms with van der Waals surface area (Å²) in [6.07, 6.45) is 2.07. The van der Waals surface area contributed by atoms with Crippen LogP contribution in [0.5, 0.6) is 0 Å². The third-order valence-corrected chi connectivity index (χ3v) is 4.50. The molecule has 0 aliphatic heterocycles. The zero-order valence-corrected chi connectivity index (χ0v) is 15.0. The van der Waals surface area contributed by atoms with Gasteiger partial charge in [0.25, 0.3) is 0 Å². The predicted molar refractivity (Wildman–Crippen MR) is 94.8 cm³/mol. The first-order valence-electron chi connectivity index (χ1n) is 7.74. The molecule has 0 saturated heterocycles. The van der Waals surface area contributed by atoms with Crippen molar-refractivity contribution in [3.05, 3.63) is 29.3 Å². The third kappa shape index (κ3) is 4.97. The molecule has 124 valence electrons. The molecule has 0 aliphatic rings. The van der Waals surface area contributed by atoms with E-state index in [9.17, 15) is 4.79 Å². The first-order valence-corrected chi connectivity index (χ1v) is 9.10. The van der Waals surface area contributed by atoms with E-state index >= 15 is 0 Å². The Kier molecular flexibility index (Phi) is 6.92. The largest absolute Gasteiger partial charge is 0.355 e. The molecule has 5 nitrogen and oxygen atoms in total. The van der Waals surface area contributed by atoms with Crippen LogP contribution >= 0.6 is 23.4 Å². The maximum Gasteiger partial charge on any atom is 0.230 e. The van der Waals surface area contributed by atoms with Crippen molar-refractivity contribution in [1.82, 2.24) is 20.1 Å². The smallest absolute Gasteiger partial charge is 0.230 e. The average molecular weight is 353 g/mol. The Labute approximate surface area is 145 Å². The van der Waals surface area contributed by atoms with Crippen molar-refractivity contribution in [2.24, 2.45) is 0 Å². The molecule has 1 amide bonds. The van der Waals surface area contributed by atoms with E-state index in [0.29, 0.717) is 10.8 Å². The molecule has 7 heteroatoms. The minimum Gasteiger partial charge on any atom is -0.355 e. The van der Waals surface area contributed by atoms with Gasteiger partial charge in [-0.1, -0.05) is 48.8 Å². The number of hydrogen-bond donors (Lipinski definition) is 1. The highest BCUT2D eigenvalue weighted by atomic mass is 35.5. The van der Waals surface area contributed by atoms with Crippen LogP contribution in [-0.2, 0) is 11.3 Å². The Balaban J connectivity index is 2.05. The molecule has 1 heterocycles. The van der Waals surface area contributed by atoms with E-state index in [2.05, 4.69) is 22.4 Å². The van der Waals surface area contributed by atoms with E-state index in [1.807, 2.05) is 35.8 Å². The Hall–Kier alpha value is -1.53. The fourth-order valence-electron chi connectivity index (χ4n) is 2.11. The fourth-order valence-corrected chi connectivity index (χ4v) is 3.13. The van der Waals surface area contributed by atoms with Gasteiger partial charge in [-0.15, -0.1) is 10.2 Å². The van der Waals surface area contributed by atoms with Crippen molar-refractivity contribution in [2.75, 3.05) is 12.3 Å². The van der Waals surface area contributed by atoms with Gasteiger partial charge in [0.15, 0.2) is 11.0 Å². The van der Waals surface area contributed by atoms with E-state index in [1.54, 1.807) is 0 Å². The van der Waals surface area contributed by atoms with Crippen molar-refractivity contribution < 1.29 is 4.79 Å². The number of halogens is 1. The van der Waals surface area contributed by atoms with Gasteiger partial charge in [-0.2, -0.15) is 0 Å². The molecular weight excluding hydrogens is 332 g/mol. The number of rotatable bonds is 8. The van der Waals surface area contributed by atoms with Gasteiger partial charge < -0.3 is 9.88 Å². The monoisotopic (exact) mass is 352 g/mol. The highest BCUT2D eigenvalue weighted by molar-refractivity contribution is 7.99. The molecule has 1 aromatic heterocycles. The number of carbonyl (C=O) groups is 1. The van der Waals surface area contributed by atoms with Crippen LogP contribution in [0.3, 0.4) is 0 Å². The van der Waals surface area contributed by atoms with Gasteiger partial charge in [-0.05, 0) is 25.5 Å². The van der Waals surface area contributed by atoms with Crippen LogP contribution < -0.4 is 5.32 Å². The van der Waals surface area contributed by atoms with Crippen molar-refractivity contribution in [3.63, 3.8) is 0 Å². The van der Waals surface area contributed by atoms with Crippen molar-refractivity contribution in [1.29, 1.82) is 0 Å². The number of hydrogen-bond acceptors (Lipinski definition) is 4. The van der Waals surface area contributed by atoms with Crippen LogP contribution in [0.2, 0.25) is 5.02 Å². The summed E-state index contributed by atoms with van der Waals surface area (Å²) < 4.78 is 2.00. The van der Waals surface area contributed by atoms with Crippen LogP contribution in [0.15, 0.2) is 29.4 Å². The predicted octanol–water partition coefficient (Wildman–Crippen LogP) is 3.63. The molecule has 1 N–H and O–H groups in total. The van der Waals surface area contributed by atoms with Gasteiger partial charge in [0.1, 0.15) is 0 Å². The molecule has 0 radical (unpaired) electrons. The lowest BCUT2D eigenvalue weighted by Crippen LogP contribution is -2.26. The van der Waals surface area contributed by atoms with Crippen LogP contribution in [0, 0.1) is 0 Å². The molecule has 0 aliphatic carbocycles. The minimum atomic E-state index is 0.0263. The van der Waals surface area contributed by atoms with Gasteiger partial charge >= 0.3 is 0 Å².